The predicted molar refractivity (Wildman–Crippen MR) is 137 cm³/mol. The molecule has 1 aliphatic carbocycles. The third kappa shape index (κ3) is 3.55. The third-order valence-electron chi connectivity index (χ3n) is 7.13. The van der Waals surface area contributed by atoms with E-state index in [2.05, 4.69) is 15.9 Å². The molecule has 0 fully saturated rings. The van der Waals surface area contributed by atoms with Crippen molar-refractivity contribution in [2.75, 3.05) is 12.0 Å². The minimum atomic E-state index is -1.25. The van der Waals surface area contributed by atoms with Crippen molar-refractivity contribution in [1.82, 2.24) is 0 Å². The Bertz CT molecular complexity index is 1350. The van der Waals surface area contributed by atoms with Gasteiger partial charge in [-0.25, -0.2) is 4.79 Å². The lowest BCUT2D eigenvalue weighted by Gasteiger charge is -2.35. The first-order valence-electron chi connectivity index (χ1n) is 11.4. The normalized spacial score (nSPS) is 22.8. The van der Waals surface area contributed by atoms with E-state index in [0.29, 0.717) is 12.1 Å². The maximum atomic E-state index is 14.5. The Morgan fingerprint density at radius 2 is 1.66 bits per heavy atom. The van der Waals surface area contributed by atoms with E-state index < -0.39 is 23.2 Å². The van der Waals surface area contributed by atoms with Crippen LogP contribution in [0.5, 0.6) is 0 Å². The van der Waals surface area contributed by atoms with E-state index in [9.17, 15) is 14.4 Å². The van der Waals surface area contributed by atoms with E-state index in [1.165, 1.54) is 7.11 Å². The van der Waals surface area contributed by atoms with Gasteiger partial charge in [-0.3, -0.25) is 9.59 Å². The van der Waals surface area contributed by atoms with Crippen LogP contribution in [0.3, 0.4) is 0 Å². The molecule has 0 saturated heterocycles. The van der Waals surface area contributed by atoms with Gasteiger partial charge in [-0.2, -0.15) is 0 Å². The zero-order valence-electron chi connectivity index (χ0n) is 19.4. The number of esters is 1. The summed E-state index contributed by atoms with van der Waals surface area (Å²) in [6.07, 6.45) is 1.74. The zero-order valence-corrected chi connectivity index (χ0v) is 21.0. The van der Waals surface area contributed by atoms with Gasteiger partial charge in [0.1, 0.15) is 0 Å². The lowest BCUT2D eigenvalue weighted by molar-refractivity contribution is -0.136. The summed E-state index contributed by atoms with van der Waals surface area (Å²) >= 11 is 3.54. The molecule has 1 heterocycles. The van der Waals surface area contributed by atoms with Crippen LogP contribution in [0.2, 0.25) is 0 Å². The summed E-state index contributed by atoms with van der Waals surface area (Å²) < 4.78 is 5.90. The average Bonchev–Trinajstić information content (AvgIpc) is 3.31. The molecule has 3 atom stereocenters. The van der Waals surface area contributed by atoms with Gasteiger partial charge in [0.05, 0.1) is 25.0 Å². The van der Waals surface area contributed by atoms with Crippen molar-refractivity contribution in [3.63, 3.8) is 0 Å². The minimum Gasteiger partial charge on any atom is -0.466 e. The molecule has 3 aromatic carbocycles. The SMILES string of the molecule is COC(=O)C1=C[C@H](C)[C@]2(C(=O)N(Cc3ccccc3)c3cc(Br)ccc32)[C@@H]1C(=O)c1ccccc1. The molecule has 1 aliphatic heterocycles. The quantitative estimate of drug-likeness (QED) is 0.324. The van der Waals surface area contributed by atoms with Gasteiger partial charge in [0.25, 0.3) is 0 Å². The highest BCUT2D eigenvalue weighted by Gasteiger charge is 2.64. The number of carbonyl (C=O) groups excluding carboxylic acids is 3. The summed E-state index contributed by atoms with van der Waals surface area (Å²) in [4.78, 5) is 43.2. The summed E-state index contributed by atoms with van der Waals surface area (Å²) in [6, 6.07) is 24.3. The molecular weight excluding hydrogens is 506 g/mol. The maximum absolute atomic E-state index is 14.5. The van der Waals surface area contributed by atoms with Crippen molar-refractivity contribution in [3.05, 3.63) is 112 Å². The summed E-state index contributed by atoms with van der Waals surface area (Å²) in [5.74, 6) is -2.44. The zero-order chi connectivity index (χ0) is 24.7. The van der Waals surface area contributed by atoms with Crippen LogP contribution in [0, 0.1) is 11.8 Å². The number of benzene rings is 3. The smallest absolute Gasteiger partial charge is 0.334 e. The number of rotatable bonds is 5. The fourth-order valence-corrected chi connectivity index (χ4v) is 5.94. The molecule has 35 heavy (non-hydrogen) atoms. The number of amides is 1. The molecule has 0 radical (unpaired) electrons. The average molecular weight is 530 g/mol. The van der Waals surface area contributed by atoms with Crippen LogP contribution in [0.4, 0.5) is 5.69 Å². The molecule has 0 bridgehead atoms. The second-order valence-electron chi connectivity index (χ2n) is 8.97. The third-order valence-corrected chi connectivity index (χ3v) is 7.63. The van der Waals surface area contributed by atoms with E-state index in [-0.39, 0.29) is 17.3 Å². The molecule has 0 N–H and O–H groups in total. The molecule has 0 aromatic heterocycles. The number of methoxy groups -OCH3 is 1. The lowest BCUT2D eigenvalue weighted by atomic mass is 9.64. The molecule has 0 saturated carbocycles. The first-order chi connectivity index (χ1) is 16.9. The van der Waals surface area contributed by atoms with Crippen LogP contribution in [0.25, 0.3) is 0 Å². The largest absolute Gasteiger partial charge is 0.466 e. The summed E-state index contributed by atoms with van der Waals surface area (Å²) in [5, 5.41) is 0. The summed E-state index contributed by atoms with van der Waals surface area (Å²) in [6.45, 7) is 2.26. The van der Waals surface area contributed by atoms with E-state index in [1.807, 2.05) is 61.5 Å². The molecule has 0 unspecified atom stereocenters. The van der Waals surface area contributed by atoms with E-state index in [1.54, 1.807) is 35.2 Å². The van der Waals surface area contributed by atoms with Crippen LogP contribution < -0.4 is 4.90 Å². The standard InChI is InChI=1S/C29H24BrNO4/c1-18-15-22(27(33)35-2)25(26(32)20-11-7-4-8-12-20)29(18)23-14-13-21(30)16-24(23)31(28(29)34)17-19-9-5-3-6-10-19/h3-16,18,25H,17H2,1-2H3/t18-,25-,29+/m0/s1. The van der Waals surface area contributed by atoms with Crippen molar-refractivity contribution < 1.29 is 19.1 Å². The number of Topliss-reactive ketones (excluding diaryl/α,β-unsaturated/α-hetero) is 1. The first kappa shape index (κ1) is 23.2. The lowest BCUT2D eigenvalue weighted by Crippen LogP contribution is -2.50. The Hall–Kier alpha value is -3.51. The van der Waals surface area contributed by atoms with Gasteiger partial charge in [-0.1, -0.05) is 95.7 Å². The van der Waals surface area contributed by atoms with Crippen LogP contribution in [0.1, 0.15) is 28.4 Å². The number of nitrogens with zero attached hydrogens (tertiary/aromatic N) is 1. The Kier molecular flexibility index (Phi) is 5.93. The van der Waals surface area contributed by atoms with E-state index >= 15 is 0 Å². The Labute approximate surface area is 212 Å². The van der Waals surface area contributed by atoms with Crippen molar-refractivity contribution in [2.24, 2.45) is 11.8 Å². The second-order valence-corrected chi connectivity index (χ2v) is 9.89. The van der Waals surface area contributed by atoms with Crippen LogP contribution in [-0.2, 0) is 26.3 Å². The molecule has 6 heteroatoms. The molecule has 176 valence electrons. The predicted octanol–water partition coefficient (Wildman–Crippen LogP) is 5.48. The van der Waals surface area contributed by atoms with Crippen LogP contribution >= 0.6 is 15.9 Å². The van der Waals surface area contributed by atoms with E-state index in [0.717, 1.165) is 21.3 Å². The molecule has 1 amide bonds. The number of halogens is 1. The fraction of sp³-hybridized carbons (Fsp3) is 0.207. The molecule has 1 spiro atoms. The number of allylic oxidation sites excluding steroid dienone is 1. The topological polar surface area (TPSA) is 63.7 Å². The van der Waals surface area contributed by atoms with Crippen molar-refractivity contribution in [1.29, 1.82) is 0 Å². The Morgan fingerprint density at radius 3 is 2.31 bits per heavy atom. The molecule has 3 aromatic rings. The molecule has 5 rings (SSSR count). The number of hydrogen-bond donors (Lipinski definition) is 0. The Morgan fingerprint density at radius 1 is 1.00 bits per heavy atom. The van der Waals surface area contributed by atoms with Gasteiger partial charge in [0, 0.05) is 21.3 Å². The monoisotopic (exact) mass is 529 g/mol. The highest BCUT2D eigenvalue weighted by Crippen LogP contribution is 2.58. The molecule has 2 aliphatic rings. The number of anilines is 1. The fourth-order valence-electron chi connectivity index (χ4n) is 5.59. The van der Waals surface area contributed by atoms with Gasteiger partial charge in [-0.05, 0) is 29.2 Å². The van der Waals surface area contributed by atoms with Gasteiger partial charge in [0.15, 0.2) is 5.78 Å². The molecule has 5 nitrogen and oxygen atoms in total. The second kappa shape index (κ2) is 8.93. The number of ketones is 1. The maximum Gasteiger partial charge on any atom is 0.334 e. The van der Waals surface area contributed by atoms with Crippen molar-refractivity contribution in [3.8, 4) is 0 Å². The number of carbonyl (C=O) groups is 3. The summed E-state index contributed by atoms with van der Waals surface area (Å²) in [7, 11) is 1.30. The van der Waals surface area contributed by atoms with Gasteiger partial charge >= 0.3 is 5.97 Å². The first-order valence-corrected chi connectivity index (χ1v) is 12.2. The molecular formula is C29H24BrNO4. The van der Waals surface area contributed by atoms with Gasteiger partial charge < -0.3 is 9.64 Å². The van der Waals surface area contributed by atoms with Gasteiger partial charge in [0.2, 0.25) is 5.91 Å². The number of hydrogen-bond acceptors (Lipinski definition) is 4. The van der Waals surface area contributed by atoms with Crippen molar-refractivity contribution >= 4 is 39.3 Å². The van der Waals surface area contributed by atoms with Crippen LogP contribution in [-0.4, -0.2) is 24.8 Å². The van der Waals surface area contributed by atoms with Gasteiger partial charge in [-0.15, -0.1) is 0 Å². The van der Waals surface area contributed by atoms with E-state index in [4.69, 9.17) is 4.74 Å². The number of fused-ring (bicyclic) bond motifs is 2. The highest BCUT2D eigenvalue weighted by molar-refractivity contribution is 9.10. The minimum absolute atomic E-state index is 0.189. The summed E-state index contributed by atoms with van der Waals surface area (Å²) in [5.41, 5.74) is 1.90. The highest BCUT2D eigenvalue weighted by atomic mass is 79.9. The Balaban J connectivity index is 1.72. The van der Waals surface area contributed by atoms with Crippen LogP contribution in [0.15, 0.2) is 95.0 Å². The number of ether oxygens (including phenoxy) is 1. The van der Waals surface area contributed by atoms with Crippen molar-refractivity contribution in [2.45, 2.75) is 18.9 Å².